The van der Waals surface area contributed by atoms with Gasteiger partial charge in [-0.25, -0.2) is 4.98 Å². The number of anilines is 1. The molecule has 0 N–H and O–H groups in total. The van der Waals surface area contributed by atoms with Gasteiger partial charge in [0.15, 0.2) is 5.16 Å². The maximum atomic E-state index is 13.4. The van der Waals surface area contributed by atoms with Gasteiger partial charge in [0.2, 0.25) is 5.91 Å². The first-order valence-electron chi connectivity index (χ1n) is 11.9. The number of rotatable bonds is 6. The minimum atomic E-state index is -0.160. The van der Waals surface area contributed by atoms with Gasteiger partial charge in [0.05, 0.1) is 29.5 Å². The van der Waals surface area contributed by atoms with Gasteiger partial charge in [0.1, 0.15) is 5.75 Å². The summed E-state index contributed by atoms with van der Waals surface area (Å²) in [5, 5.41) is 1.03. The van der Waals surface area contributed by atoms with E-state index in [0.717, 1.165) is 13.1 Å². The van der Waals surface area contributed by atoms with Gasteiger partial charge in [-0.15, -0.1) is 0 Å². The molecule has 0 bridgehead atoms. The molecule has 3 aromatic carbocycles. The molecular formula is C28H28N4O3S. The molecule has 1 aromatic heterocycles. The quantitative estimate of drug-likeness (QED) is 0.293. The third kappa shape index (κ3) is 4.81. The summed E-state index contributed by atoms with van der Waals surface area (Å²) in [5.41, 5.74) is 3.61. The predicted molar refractivity (Wildman–Crippen MR) is 145 cm³/mol. The largest absolute Gasteiger partial charge is 0.497 e. The number of carbonyl (C=O) groups is 1. The molecular weight excluding hydrogens is 472 g/mol. The number of aromatic nitrogens is 2. The number of thioether (sulfide) groups is 1. The molecule has 2 heterocycles. The van der Waals surface area contributed by atoms with Crippen molar-refractivity contribution in [1.82, 2.24) is 14.5 Å². The highest BCUT2D eigenvalue weighted by molar-refractivity contribution is 7.99. The number of nitrogens with zero attached hydrogens (tertiary/aromatic N) is 4. The molecule has 0 atom stereocenters. The maximum Gasteiger partial charge on any atom is 0.266 e. The molecule has 8 heteroatoms. The van der Waals surface area contributed by atoms with E-state index in [1.54, 1.807) is 17.7 Å². The van der Waals surface area contributed by atoms with E-state index in [1.807, 2.05) is 53.4 Å². The lowest BCUT2D eigenvalue weighted by Gasteiger charge is -2.36. The molecule has 184 valence electrons. The summed E-state index contributed by atoms with van der Waals surface area (Å²) >= 11 is 1.30. The van der Waals surface area contributed by atoms with E-state index in [4.69, 9.17) is 9.72 Å². The van der Waals surface area contributed by atoms with Crippen LogP contribution in [0.15, 0.2) is 82.7 Å². The molecule has 0 spiro atoms. The summed E-state index contributed by atoms with van der Waals surface area (Å²) in [6.07, 6.45) is 0. The van der Waals surface area contributed by atoms with Crippen LogP contribution in [0.3, 0.4) is 0 Å². The monoisotopic (exact) mass is 500 g/mol. The second kappa shape index (κ2) is 10.5. The fourth-order valence-corrected chi connectivity index (χ4v) is 5.42. The molecule has 0 aliphatic carbocycles. The molecule has 0 unspecified atom stereocenters. The Morgan fingerprint density at radius 3 is 2.36 bits per heavy atom. The Balaban J connectivity index is 1.34. The molecule has 7 nitrogen and oxygen atoms in total. The SMILES string of the molecule is COc1ccc(-n2c(SCC(=O)N3CCN(c4ccccc4C)CC3)nc3ccccc3c2=O)cc1. The van der Waals surface area contributed by atoms with Crippen LogP contribution >= 0.6 is 11.8 Å². The number of methoxy groups -OCH3 is 1. The Hall–Kier alpha value is -3.78. The van der Waals surface area contributed by atoms with Crippen molar-refractivity contribution in [3.63, 3.8) is 0 Å². The lowest BCUT2D eigenvalue weighted by molar-refractivity contribution is -0.128. The standard InChI is InChI=1S/C28H28N4O3S/c1-20-7-3-6-10-25(20)30-15-17-31(18-16-30)26(33)19-36-28-29-24-9-5-4-8-23(24)27(34)32(28)21-11-13-22(35-2)14-12-21/h3-14H,15-19H2,1-2H3. The van der Waals surface area contributed by atoms with E-state index < -0.39 is 0 Å². The van der Waals surface area contributed by atoms with Crippen molar-refractivity contribution in [3.05, 3.63) is 88.7 Å². The van der Waals surface area contributed by atoms with Crippen LogP contribution in [0.2, 0.25) is 0 Å². The van der Waals surface area contributed by atoms with Crippen molar-refractivity contribution in [2.45, 2.75) is 12.1 Å². The molecule has 1 fully saturated rings. The highest BCUT2D eigenvalue weighted by Gasteiger charge is 2.23. The van der Waals surface area contributed by atoms with Gasteiger partial charge < -0.3 is 14.5 Å². The zero-order valence-corrected chi connectivity index (χ0v) is 21.2. The second-order valence-electron chi connectivity index (χ2n) is 8.69. The van der Waals surface area contributed by atoms with Gasteiger partial charge in [0.25, 0.3) is 5.56 Å². The van der Waals surface area contributed by atoms with Crippen LogP contribution < -0.4 is 15.2 Å². The van der Waals surface area contributed by atoms with Gasteiger partial charge >= 0.3 is 0 Å². The molecule has 1 saturated heterocycles. The highest BCUT2D eigenvalue weighted by atomic mass is 32.2. The first-order valence-corrected chi connectivity index (χ1v) is 12.9. The normalized spacial score (nSPS) is 13.7. The number of hydrogen-bond donors (Lipinski definition) is 0. The van der Waals surface area contributed by atoms with Gasteiger partial charge in [0, 0.05) is 31.9 Å². The predicted octanol–water partition coefficient (Wildman–Crippen LogP) is 4.14. The summed E-state index contributed by atoms with van der Waals surface area (Å²) in [4.78, 5) is 35.5. The number of piperazine rings is 1. The average molecular weight is 501 g/mol. The Morgan fingerprint density at radius 1 is 0.944 bits per heavy atom. The molecule has 1 aliphatic heterocycles. The van der Waals surface area contributed by atoms with Crippen molar-refractivity contribution < 1.29 is 9.53 Å². The molecule has 0 radical (unpaired) electrons. The number of aryl methyl sites for hydroxylation is 1. The van der Waals surface area contributed by atoms with E-state index in [9.17, 15) is 9.59 Å². The minimum absolute atomic E-state index is 0.0492. The van der Waals surface area contributed by atoms with Crippen LogP contribution in [0.25, 0.3) is 16.6 Å². The first-order chi connectivity index (χ1) is 17.5. The number of para-hydroxylation sites is 2. The van der Waals surface area contributed by atoms with Crippen LogP contribution in [-0.2, 0) is 4.79 Å². The van der Waals surface area contributed by atoms with Crippen molar-refractivity contribution in [1.29, 1.82) is 0 Å². The number of carbonyl (C=O) groups excluding carboxylic acids is 1. The zero-order chi connectivity index (χ0) is 25.1. The van der Waals surface area contributed by atoms with E-state index in [0.29, 0.717) is 40.6 Å². The van der Waals surface area contributed by atoms with Crippen molar-refractivity contribution in [2.75, 3.05) is 43.9 Å². The molecule has 1 amide bonds. The lowest BCUT2D eigenvalue weighted by Crippen LogP contribution is -2.49. The lowest BCUT2D eigenvalue weighted by atomic mass is 10.1. The number of ether oxygens (including phenoxy) is 1. The summed E-state index contributed by atoms with van der Waals surface area (Å²) in [6, 6.07) is 22.9. The highest BCUT2D eigenvalue weighted by Crippen LogP contribution is 2.24. The zero-order valence-electron chi connectivity index (χ0n) is 20.4. The third-order valence-corrected chi connectivity index (χ3v) is 7.41. The number of fused-ring (bicyclic) bond motifs is 1. The first kappa shape index (κ1) is 23.9. The van der Waals surface area contributed by atoms with Gasteiger partial charge in [-0.3, -0.25) is 14.2 Å². The molecule has 0 saturated carbocycles. The van der Waals surface area contributed by atoms with Gasteiger partial charge in [-0.1, -0.05) is 42.1 Å². The Labute approximate surface area is 214 Å². The molecule has 4 aromatic rings. The summed E-state index contributed by atoms with van der Waals surface area (Å²) in [6.45, 7) is 5.05. The Morgan fingerprint density at radius 2 is 1.64 bits per heavy atom. The van der Waals surface area contributed by atoms with Crippen molar-refractivity contribution >= 4 is 34.3 Å². The Kier molecular flexibility index (Phi) is 6.95. The second-order valence-corrected chi connectivity index (χ2v) is 9.64. The van der Waals surface area contributed by atoms with E-state index in [-0.39, 0.29) is 17.2 Å². The van der Waals surface area contributed by atoms with Crippen molar-refractivity contribution in [2.24, 2.45) is 0 Å². The fourth-order valence-electron chi connectivity index (χ4n) is 4.50. The van der Waals surface area contributed by atoms with E-state index in [1.165, 1.54) is 23.0 Å². The Bertz CT molecular complexity index is 1440. The summed E-state index contributed by atoms with van der Waals surface area (Å²) in [7, 11) is 1.60. The van der Waals surface area contributed by atoms with Crippen LogP contribution in [0.4, 0.5) is 5.69 Å². The number of hydrogen-bond acceptors (Lipinski definition) is 6. The van der Waals surface area contributed by atoms with Gasteiger partial charge in [-0.05, 0) is 55.0 Å². The number of amides is 1. The topological polar surface area (TPSA) is 67.7 Å². The summed E-state index contributed by atoms with van der Waals surface area (Å²) in [5.74, 6) is 0.966. The molecule has 5 rings (SSSR count). The summed E-state index contributed by atoms with van der Waals surface area (Å²) < 4.78 is 6.84. The van der Waals surface area contributed by atoms with Crippen LogP contribution in [0.5, 0.6) is 5.75 Å². The van der Waals surface area contributed by atoms with Crippen LogP contribution in [-0.4, -0.2) is 59.4 Å². The van der Waals surface area contributed by atoms with Gasteiger partial charge in [-0.2, -0.15) is 0 Å². The van der Waals surface area contributed by atoms with Crippen LogP contribution in [0.1, 0.15) is 5.56 Å². The van der Waals surface area contributed by atoms with E-state index in [2.05, 4.69) is 30.0 Å². The van der Waals surface area contributed by atoms with Crippen LogP contribution in [0, 0.1) is 6.92 Å². The maximum absolute atomic E-state index is 13.4. The number of benzene rings is 3. The third-order valence-electron chi connectivity index (χ3n) is 6.49. The smallest absolute Gasteiger partial charge is 0.266 e. The van der Waals surface area contributed by atoms with E-state index >= 15 is 0 Å². The fraction of sp³-hybridized carbons (Fsp3) is 0.250. The average Bonchev–Trinajstić information content (AvgIpc) is 2.92. The molecule has 1 aliphatic rings. The molecule has 36 heavy (non-hydrogen) atoms. The van der Waals surface area contributed by atoms with Crippen molar-refractivity contribution in [3.8, 4) is 11.4 Å². The minimum Gasteiger partial charge on any atom is -0.497 e.